The molecule has 1 amide bonds. The Labute approximate surface area is 132 Å². The molecule has 120 valence electrons. The zero-order valence-corrected chi connectivity index (χ0v) is 13.3. The summed E-state index contributed by atoms with van der Waals surface area (Å²) in [7, 11) is 1.76. The molecule has 0 radical (unpaired) electrons. The lowest BCUT2D eigenvalue weighted by atomic mass is 9.96. The van der Waals surface area contributed by atoms with Gasteiger partial charge in [-0.05, 0) is 44.2 Å². The molecule has 2 aliphatic carbocycles. The number of ether oxygens (including phenoxy) is 1. The van der Waals surface area contributed by atoms with Gasteiger partial charge in [0.1, 0.15) is 5.75 Å². The third-order valence-corrected chi connectivity index (χ3v) is 4.88. The topological polar surface area (TPSA) is 49.8 Å². The summed E-state index contributed by atoms with van der Waals surface area (Å²) < 4.78 is 5.94. The molecule has 4 nitrogen and oxygen atoms in total. The summed E-state index contributed by atoms with van der Waals surface area (Å²) in [6.45, 7) is 0.392. The Morgan fingerprint density at radius 2 is 1.95 bits per heavy atom. The fourth-order valence-corrected chi connectivity index (χ4v) is 3.32. The molecule has 2 fully saturated rings. The van der Waals surface area contributed by atoms with Crippen molar-refractivity contribution >= 4 is 5.91 Å². The van der Waals surface area contributed by atoms with Crippen LogP contribution in [0, 0.1) is 0 Å². The summed E-state index contributed by atoms with van der Waals surface area (Å²) in [4.78, 5) is 14.4. The molecule has 0 spiro atoms. The Morgan fingerprint density at radius 3 is 2.59 bits per heavy atom. The first-order chi connectivity index (χ1) is 10.6. The van der Waals surface area contributed by atoms with Gasteiger partial charge in [-0.3, -0.25) is 4.79 Å². The second kappa shape index (κ2) is 6.29. The van der Waals surface area contributed by atoms with Crippen LogP contribution in [0.5, 0.6) is 5.75 Å². The van der Waals surface area contributed by atoms with Crippen LogP contribution in [0.2, 0.25) is 0 Å². The van der Waals surface area contributed by atoms with Gasteiger partial charge in [0.05, 0.1) is 17.3 Å². The Bertz CT molecular complexity index is 533. The smallest absolute Gasteiger partial charge is 0.257 e. The number of amides is 1. The highest BCUT2D eigenvalue weighted by molar-refractivity contribution is 5.96. The zero-order valence-electron chi connectivity index (χ0n) is 13.3. The number of hydrogen-bond acceptors (Lipinski definition) is 3. The maximum Gasteiger partial charge on any atom is 0.257 e. The average molecular weight is 303 g/mol. The van der Waals surface area contributed by atoms with Crippen LogP contribution in [0.4, 0.5) is 0 Å². The largest absolute Gasteiger partial charge is 0.490 e. The van der Waals surface area contributed by atoms with Crippen LogP contribution < -0.4 is 4.74 Å². The lowest BCUT2D eigenvalue weighted by Crippen LogP contribution is -2.42. The van der Waals surface area contributed by atoms with E-state index in [1.165, 1.54) is 6.42 Å². The minimum absolute atomic E-state index is 0.0738. The van der Waals surface area contributed by atoms with Crippen molar-refractivity contribution in [3.8, 4) is 5.75 Å². The molecular formula is C18H25NO3. The molecule has 1 aromatic rings. The predicted molar refractivity (Wildman–Crippen MR) is 85.1 cm³/mol. The van der Waals surface area contributed by atoms with Gasteiger partial charge in [0.2, 0.25) is 0 Å². The van der Waals surface area contributed by atoms with Crippen LogP contribution in [-0.2, 0) is 0 Å². The van der Waals surface area contributed by atoms with Gasteiger partial charge < -0.3 is 14.7 Å². The zero-order chi connectivity index (χ0) is 15.6. The number of para-hydroxylation sites is 1. The monoisotopic (exact) mass is 303 g/mol. The van der Waals surface area contributed by atoms with E-state index in [9.17, 15) is 9.90 Å². The quantitative estimate of drug-likeness (QED) is 0.909. The number of benzene rings is 1. The van der Waals surface area contributed by atoms with Crippen molar-refractivity contribution in [1.82, 2.24) is 4.90 Å². The van der Waals surface area contributed by atoms with Gasteiger partial charge in [0.25, 0.3) is 5.91 Å². The molecular weight excluding hydrogens is 278 g/mol. The van der Waals surface area contributed by atoms with Crippen molar-refractivity contribution in [1.29, 1.82) is 0 Å². The van der Waals surface area contributed by atoms with E-state index in [0.29, 0.717) is 17.9 Å². The lowest BCUT2D eigenvalue weighted by Gasteiger charge is -2.30. The fourth-order valence-electron chi connectivity index (χ4n) is 3.32. The molecule has 0 unspecified atom stereocenters. The maximum atomic E-state index is 12.7. The van der Waals surface area contributed by atoms with E-state index in [2.05, 4.69) is 0 Å². The number of aliphatic hydroxyl groups is 1. The van der Waals surface area contributed by atoms with E-state index in [1.807, 2.05) is 24.3 Å². The SMILES string of the molecule is CN(CC1(O)CCCC1)C(=O)c1ccccc1OC1CCC1. The van der Waals surface area contributed by atoms with Gasteiger partial charge in [-0.15, -0.1) is 0 Å². The minimum atomic E-state index is -0.714. The van der Waals surface area contributed by atoms with Crippen molar-refractivity contribution in [3.63, 3.8) is 0 Å². The molecule has 0 bridgehead atoms. The third kappa shape index (κ3) is 3.27. The molecule has 0 aromatic heterocycles. The molecule has 0 saturated heterocycles. The number of carbonyl (C=O) groups is 1. The van der Waals surface area contributed by atoms with Crippen molar-refractivity contribution in [2.75, 3.05) is 13.6 Å². The van der Waals surface area contributed by atoms with E-state index >= 15 is 0 Å². The molecule has 0 aliphatic heterocycles. The molecule has 2 aliphatic rings. The second-order valence-electron chi connectivity index (χ2n) is 6.76. The van der Waals surface area contributed by atoms with Gasteiger partial charge >= 0.3 is 0 Å². The van der Waals surface area contributed by atoms with E-state index in [1.54, 1.807) is 11.9 Å². The van der Waals surface area contributed by atoms with Crippen molar-refractivity contribution in [2.24, 2.45) is 0 Å². The van der Waals surface area contributed by atoms with Gasteiger partial charge in [0, 0.05) is 13.6 Å². The summed E-state index contributed by atoms with van der Waals surface area (Å²) in [6.07, 6.45) is 7.23. The van der Waals surface area contributed by atoms with Crippen LogP contribution in [0.3, 0.4) is 0 Å². The first-order valence-corrected chi connectivity index (χ1v) is 8.31. The maximum absolute atomic E-state index is 12.7. The first-order valence-electron chi connectivity index (χ1n) is 8.31. The van der Waals surface area contributed by atoms with Gasteiger partial charge in [0.15, 0.2) is 0 Å². The van der Waals surface area contributed by atoms with E-state index in [-0.39, 0.29) is 12.0 Å². The molecule has 1 N–H and O–H groups in total. The number of rotatable bonds is 5. The molecule has 0 heterocycles. The van der Waals surface area contributed by atoms with Crippen molar-refractivity contribution in [2.45, 2.75) is 56.7 Å². The second-order valence-corrected chi connectivity index (χ2v) is 6.76. The summed E-state index contributed by atoms with van der Waals surface area (Å²) >= 11 is 0. The molecule has 2 saturated carbocycles. The highest BCUT2D eigenvalue weighted by Crippen LogP contribution is 2.31. The van der Waals surface area contributed by atoms with Gasteiger partial charge in [-0.2, -0.15) is 0 Å². The molecule has 4 heteroatoms. The van der Waals surface area contributed by atoms with E-state index in [0.717, 1.165) is 38.5 Å². The average Bonchev–Trinajstić information content (AvgIpc) is 2.89. The standard InChI is InChI=1S/C18H25NO3/c1-19(13-18(21)11-4-5-12-18)17(20)15-9-2-3-10-16(15)22-14-7-6-8-14/h2-3,9-10,14,21H,4-8,11-13H2,1H3. The molecule has 3 rings (SSSR count). The van der Waals surface area contributed by atoms with Crippen LogP contribution in [-0.4, -0.2) is 41.2 Å². The highest BCUT2D eigenvalue weighted by atomic mass is 16.5. The molecule has 0 atom stereocenters. The summed E-state index contributed by atoms with van der Waals surface area (Å²) in [5, 5.41) is 10.5. The first kappa shape index (κ1) is 15.3. The molecule has 1 aromatic carbocycles. The van der Waals surface area contributed by atoms with Gasteiger partial charge in [-0.1, -0.05) is 25.0 Å². The molecule has 22 heavy (non-hydrogen) atoms. The summed E-state index contributed by atoms with van der Waals surface area (Å²) in [5.41, 5.74) is -0.118. The van der Waals surface area contributed by atoms with E-state index in [4.69, 9.17) is 4.74 Å². The lowest BCUT2D eigenvalue weighted by molar-refractivity contribution is 0.0153. The van der Waals surface area contributed by atoms with E-state index < -0.39 is 5.60 Å². The fraction of sp³-hybridized carbons (Fsp3) is 0.611. The summed E-state index contributed by atoms with van der Waals surface area (Å²) in [6, 6.07) is 7.43. The normalized spacial score (nSPS) is 20.5. The Hall–Kier alpha value is -1.55. The van der Waals surface area contributed by atoms with Crippen molar-refractivity contribution in [3.05, 3.63) is 29.8 Å². The Kier molecular flexibility index (Phi) is 4.39. The number of hydrogen-bond donors (Lipinski definition) is 1. The number of carbonyl (C=O) groups excluding carboxylic acids is 1. The van der Waals surface area contributed by atoms with Crippen molar-refractivity contribution < 1.29 is 14.6 Å². The summed E-state index contributed by atoms with van der Waals surface area (Å²) in [5.74, 6) is 0.595. The van der Waals surface area contributed by atoms with Crippen LogP contribution in [0.15, 0.2) is 24.3 Å². The predicted octanol–water partition coefficient (Wildman–Crippen LogP) is 3.00. The van der Waals surface area contributed by atoms with Crippen LogP contribution in [0.25, 0.3) is 0 Å². The third-order valence-electron chi connectivity index (χ3n) is 4.88. The minimum Gasteiger partial charge on any atom is -0.490 e. The van der Waals surface area contributed by atoms with Gasteiger partial charge in [-0.25, -0.2) is 0 Å². The number of likely N-dealkylation sites (N-methyl/N-ethyl adjacent to an activating group) is 1. The number of nitrogens with zero attached hydrogens (tertiary/aromatic N) is 1. The van der Waals surface area contributed by atoms with Crippen LogP contribution >= 0.6 is 0 Å². The van der Waals surface area contributed by atoms with Crippen LogP contribution in [0.1, 0.15) is 55.3 Å². The highest BCUT2D eigenvalue weighted by Gasteiger charge is 2.34. The Balaban J connectivity index is 1.70. The Morgan fingerprint density at radius 1 is 1.27 bits per heavy atom.